The predicted molar refractivity (Wildman–Crippen MR) is 75.6 cm³/mol. The summed E-state index contributed by atoms with van der Waals surface area (Å²) < 4.78 is 5.24. The van der Waals surface area contributed by atoms with Crippen molar-refractivity contribution in [2.24, 2.45) is 5.92 Å². The molecule has 1 amide bonds. The molecular formula is C15H23N3O2. The van der Waals surface area contributed by atoms with Crippen LogP contribution in [0.4, 0.5) is 0 Å². The highest BCUT2D eigenvalue weighted by Crippen LogP contribution is 2.40. The van der Waals surface area contributed by atoms with Crippen molar-refractivity contribution in [3.63, 3.8) is 0 Å². The van der Waals surface area contributed by atoms with Gasteiger partial charge in [-0.2, -0.15) is 0 Å². The Hall–Kier alpha value is -1.36. The first-order valence-corrected chi connectivity index (χ1v) is 7.67. The van der Waals surface area contributed by atoms with Crippen molar-refractivity contribution in [3.05, 3.63) is 17.5 Å². The second kappa shape index (κ2) is 5.56. The third kappa shape index (κ3) is 2.87. The number of aromatic nitrogens is 1. The molecule has 0 bridgehead atoms. The maximum Gasteiger partial charge on any atom is 0.273 e. The lowest BCUT2D eigenvalue weighted by atomic mass is 10.1. The van der Waals surface area contributed by atoms with Gasteiger partial charge in [0.25, 0.3) is 5.91 Å². The van der Waals surface area contributed by atoms with Gasteiger partial charge in [0.15, 0.2) is 5.69 Å². The van der Waals surface area contributed by atoms with E-state index in [1.165, 1.54) is 0 Å². The van der Waals surface area contributed by atoms with Crippen LogP contribution in [0.5, 0.6) is 0 Å². The normalized spacial score (nSPS) is 26.9. The molecule has 1 saturated heterocycles. The Balaban J connectivity index is 1.57. The van der Waals surface area contributed by atoms with Crippen LogP contribution < -0.4 is 5.32 Å². The molecule has 1 aromatic heterocycles. The zero-order valence-corrected chi connectivity index (χ0v) is 12.3. The molecule has 2 atom stereocenters. The molecule has 1 aromatic rings. The number of nitrogens with one attached hydrogen (secondary N) is 1. The monoisotopic (exact) mass is 277 g/mol. The second-order valence-electron chi connectivity index (χ2n) is 6.21. The summed E-state index contributed by atoms with van der Waals surface area (Å²) >= 11 is 0. The van der Waals surface area contributed by atoms with Gasteiger partial charge in [0.2, 0.25) is 0 Å². The molecule has 2 fully saturated rings. The number of carbonyl (C=O) groups is 1. The van der Waals surface area contributed by atoms with E-state index >= 15 is 0 Å². The summed E-state index contributed by atoms with van der Waals surface area (Å²) in [6.07, 6.45) is 3.46. The number of hydrogen-bond acceptors (Lipinski definition) is 4. The Morgan fingerprint density at radius 1 is 1.50 bits per heavy atom. The number of hydrogen-bond donors (Lipinski definition) is 1. The van der Waals surface area contributed by atoms with Crippen LogP contribution in [0, 0.1) is 5.92 Å². The van der Waals surface area contributed by atoms with Gasteiger partial charge in [0.05, 0.1) is 0 Å². The Morgan fingerprint density at radius 3 is 3.00 bits per heavy atom. The van der Waals surface area contributed by atoms with E-state index in [0.29, 0.717) is 17.5 Å². The van der Waals surface area contributed by atoms with Crippen LogP contribution in [-0.4, -0.2) is 41.6 Å². The molecule has 5 heteroatoms. The van der Waals surface area contributed by atoms with Gasteiger partial charge in [-0.3, -0.25) is 4.79 Å². The molecule has 1 saturated carbocycles. The molecule has 0 aromatic carbocycles. The van der Waals surface area contributed by atoms with E-state index in [-0.39, 0.29) is 11.9 Å². The molecular weight excluding hydrogens is 254 g/mol. The fourth-order valence-electron chi connectivity index (χ4n) is 2.95. The van der Waals surface area contributed by atoms with Gasteiger partial charge in [0.1, 0.15) is 5.76 Å². The highest BCUT2D eigenvalue weighted by Gasteiger charge is 2.32. The molecule has 1 aliphatic heterocycles. The number of likely N-dealkylation sites (tertiary alicyclic amines) is 1. The van der Waals surface area contributed by atoms with Crippen LogP contribution >= 0.6 is 0 Å². The molecule has 1 aliphatic carbocycles. The quantitative estimate of drug-likeness (QED) is 0.894. The maximum atomic E-state index is 12.2. The van der Waals surface area contributed by atoms with Gasteiger partial charge in [0, 0.05) is 31.1 Å². The molecule has 2 heterocycles. The lowest BCUT2D eigenvalue weighted by molar-refractivity contribution is 0.0922. The minimum atomic E-state index is -0.101. The molecule has 0 radical (unpaired) electrons. The largest absolute Gasteiger partial charge is 0.360 e. The first-order chi connectivity index (χ1) is 9.67. The minimum Gasteiger partial charge on any atom is -0.360 e. The summed E-state index contributed by atoms with van der Waals surface area (Å²) in [6.45, 7) is 7.48. The van der Waals surface area contributed by atoms with Gasteiger partial charge < -0.3 is 14.7 Å². The lowest BCUT2D eigenvalue weighted by Crippen LogP contribution is -2.40. The lowest BCUT2D eigenvalue weighted by Gasteiger charge is -2.16. The molecule has 2 aliphatic rings. The van der Waals surface area contributed by atoms with Crippen molar-refractivity contribution < 1.29 is 9.32 Å². The van der Waals surface area contributed by atoms with E-state index in [1.807, 2.05) is 0 Å². The van der Waals surface area contributed by atoms with Gasteiger partial charge in [-0.25, -0.2) is 0 Å². The molecule has 0 spiro atoms. The van der Waals surface area contributed by atoms with E-state index in [4.69, 9.17) is 4.52 Å². The van der Waals surface area contributed by atoms with Crippen molar-refractivity contribution in [2.45, 2.75) is 45.1 Å². The summed E-state index contributed by atoms with van der Waals surface area (Å²) in [5, 5.41) is 7.00. The van der Waals surface area contributed by atoms with Crippen LogP contribution in [0.3, 0.4) is 0 Å². The molecule has 1 N–H and O–H groups in total. The van der Waals surface area contributed by atoms with Crippen LogP contribution in [0.15, 0.2) is 10.6 Å². The van der Waals surface area contributed by atoms with Crippen molar-refractivity contribution in [1.29, 1.82) is 0 Å². The molecule has 5 nitrogen and oxygen atoms in total. The minimum absolute atomic E-state index is 0.101. The van der Waals surface area contributed by atoms with E-state index in [2.05, 4.69) is 29.2 Å². The highest BCUT2D eigenvalue weighted by molar-refractivity contribution is 5.92. The summed E-state index contributed by atoms with van der Waals surface area (Å²) in [6, 6.07) is 2.02. The van der Waals surface area contributed by atoms with Gasteiger partial charge >= 0.3 is 0 Å². The number of rotatable bonds is 5. The Bertz CT molecular complexity index is 481. The number of nitrogens with zero attached hydrogens (tertiary/aromatic N) is 2. The smallest absolute Gasteiger partial charge is 0.273 e. The summed E-state index contributed by atoms with van der Waals surface area (Å²) in [7, 11) is 0. The van der Waals surface area contributed by atoms with Crippen LogP contribution in [0.1, 0.15) is 55.3 Å². The Kier molecular flexibility index (Phi) is 3.78. The second-order valence-corrected chi connectivity index (χ2v) is 6.21. The first-order valence-electron chi connectivity index (χ1n) is 7.67. The van der Waals surface area contributed by atoms with Crippen molar-refractivity contribution >= 4 is 5.91 Å². The van der Waals surface area contributed by atoms with E-state index in [9.17, 15) is 4.79 Å². The fraction of sp³-hybridized carbons (Fsp3) is 0.733. The average molecular weight is 277 g/mol. The SMILES string of the molecule is CCCN1C[C@@H](C)[C@H](NC(=O)c2cc(C3CC3)on2)C1. The molecule has 3 rings (SSSR count). The highest BCUT2D eigenvalue weighted by atomic mass is 16.5. The summed E-state index contributed by atoms with van der Waals surface area (Å²) in [5.74, 6) is 1.74. The van der Waals surface area contributed by atoms with Crippen LogP contribution in [-0.2, 0) is 0 Å². The number of amides is 1. The van der Waals surface area contributed by atoms with Crippen molar-refractivity contribution in [1.82, 2.24) is 15.4 Å². The standard InChI is InChI=1S/C15H23N3O2/c1-3-6-18-8-10(2)13(9-18)16-15(19)12-7-14(20-17-12)11-4-5-11/h7,10-11,13H,3-6,8-9H2,1-2H3,(H,16,19)/t10-,13-/m1/s1. The topological polar surface area (TPSA) is 58.4 Å². The molecule has 0 unspecified atom stereocenters. The Morgan fingerprint density at radius 2 is 2.30 bits per heavy atom. The van der Waals surface area contributed by atoms with E-state index < -0.39 is 0 Å². The predicted octanol–water partition coefficient (Wildman–Crippen LogP) is 2.01. The van der Waals surface area contributed by atoms with E-state index in [0.717, 1.165) is 44.7 Å². The molecule has 20 heavy (non-hydrogen) atoms. The number of carbonyl (C=O) groups excluding carboxylic acids is 1. The van der Waals surface area contributed by atoms with Crippen LogP contribution in [0.2, 0.25) is 0 Å². The van der Waals surface area contributed by atoms with Crippen LogP contribution in [0.25, 0.3) is 0 Å². The first kappa shape index (κ1) is 13.6. The zero-order valence-electron chi connectivity index (χ0n) is 12.3. The fourth-order valence-corrected chi connectivity index (χ4v) is 2.95. The molecule has 110 valence electrons. The average Bonchev–Trinajstić information content (AvgIpc) is 3.05. The third-order valence-electron chi connectivity index (χ3n) is 4.29. The Labute approximate surface area is 119 Å². The zero-order chi connectivity index (χ0) is 14.1. The van der Waals surface area contributed by atoms with Crippen molar-refractivity contribution in [2.75, 3.05) is 19.6 Å². The van der Waals surface area contributed by atoms with E-state index in [1.54, 1.807) is 6.07 Å². The van der Waals surface area contributed by atoms with Gasteiger partial charge in [-0.1, -0.05) is 19.0 Å². The van der Waals surface area contributed by atoms with Gasteiger partial charge in [-0.15, -0.1) is 0 Å². The summed E-state index contributed by atoms with van der Waals surface area (Å²) in [4.78, 5) is 14.6. The van der Waals surface area contributed by atoms with Gasteiger partial charge in [-0.05, 0) is 31.7 Å². The third-order valence-corrected chi connectivity index (χ3v) is 4.29. The maximum absolute atomic E-state index is 12.2. The van der Waals surface area contributed by atoms with Crippen molar-refractivity contribution in [3.8, 4) is 0 Å². The summed E-state index contributed by atoms with van der Waals surface area (Å²) in [5.41, 5.74) is 0.424.